The molecular formula is C38H80NO2+. The van der Waals surface area contributed by atoms with Crippen molar-refractivity contribution in [3.63, 3.8) is 0 Å². The average molecular weight is 583 g/mol. The van der Waals surface area contributed by atoms with E-state index in [-0.39, 0.29) is 13.5 Å². The van der Waals surface area contributed by atoms with Gasteiger partial charge in [-0.05, 0) is 25.7 Å². The number of rotatable bonds is 36. The Kier molecular flexibility index (Phi) is 34.3. The van der Waals surface area contributed by atoms with E-state index in [9.17, 15) is 10.2 Å². The molecule has 0 saturated heterocycles. The Morgan fingerprint density at radius 1 is 0.268 bits per heavy atom. The molecule has 0 amide bonds. The van der Waals surface area contributed by atoms with E-state index in [0.29, 0.717) is 4.48 Å². The molecule has 248 valence electrons. The smallest absolute Gasteiger partial charge is 0.182 e. The van der Waals surface area contributed by atoms with Crippen LogP contribution in [0.2, 0.25) is 0 Å². The SMILES string of the molecule is CCCCCCCCCCCCCCCCCC[N+](CO)(CO)CCCCCCCCCCCCCCCCCC. The number of hydrogen-bond acceptors (Lipinski definition) is 2. The third kappa shape index (κ3) is 29.7. The molecule has 3 heteroatoms. The van der Waals surface area contributed by atoms with E-state index in [1.165, 1.54) is 193 Å². The highest BCUT2D eigenvalue weighted by atomic mass is 16.3. The topological polar surface area (TPSA) is 40.5 Å². The Bertz CT molecular complexity index is 427. The van der Waals surface area contributed by atoms with Crippen LogP contribution >= 0.6 is 0 Å². The second kappa shape index (κ2) is 34.4. The first-order valence-corrected chi connectivity index (χ1v) is 19.3. The summed E-state index contributed by atoms with van der Waals surface area (Å²) in [6.07, 6.45) is 44.3. The van der Waals surface area contributed by atoms with Crippen molar-refractivity contribution in [2.75, 3.05) is 26.6 Å². The highest BCUT2D eigenvalue weighted by Gasteiger charge is 2.24. The Morgan fingerprint density at radius 3 is 0.610 bits per heavy atom. The Morgan fingerprint density at radius 2 is 0.439 bits per heavy atom. The van der Waals surface area contributed by atoms with E-state index in [1.54, 1.807) is 0 Å². The zero-order valence-corrected chi connectivity index (χ0v) is 28.8. The summed E-state index contributed by atoms with van der Waals surface area (Å²) in [7, 11) is 0. The summed E-state index contributed by atoms with van der Waals surface area (Å²) in [6, 6.07) is 0. The molecule has 0 spiro atoms. The van der Waals surface area contributed by atoms with Gasteiger partial charge in [-0.1, -0.05) is 194 Å². The minimum Gasteiger partial charge on any atom is -0.347 e. The van der Waals surface area contributed by atoms with Crippen LogP contribution in [0.4, 0.5) is 0 Å². The molecule has 41 heavy (non-hydrogen) atoms. The largest absolute Gasteiger partial charge is 0.347 e. The van der Waals surface area contributed by atoms with Gasteiger partial charge in [0.25, 0.3) is 0 Å². The summed E-state index contributed by atoms with van der Waals surface area (Å²) in [5, 5.41) is 20.1. The molecule has 0 aliphatic rings. The van der Waals surface area contributed by atoms with Gasteiger partial charge in [0.1, 0.15) is 0 Å². The lowest BCUT2D eigenvalue weighted by Crippen LogP contribution is -2.50. The molecule has 0 heterocycles. The lowest BCUT2D eigenvalue weighted by Gasteiger charge is -2.34. The van der Waals surface area contributed by atoms with Gasteiger partial charge in [0.15, 0.2) is 13.5 Å². The van der Waals surface area contributed by atoms with E-state index in [1.807, 2.05) is 0 Å². The van der Waals surface area contributed by atoms with Crippen molar-refractivity contribution in [1.82, 2.24) is 0 Å². The summed E-state index contributed by atoms with van der Waals surface area (Å²) >= 11 is 0. The normalized spacial score (nSPS) is 12.0. The molecule has 0 aromatic rings. The maximum absolute atomic E-state index is 10.0. The van der Waals surface area contributed by atoms with Crippen LogP contribution in [-0.2, 0) is 0 Å². The van der Waals surface area contributed by atoms with Crippen LogP contribution in [0.25, 0.3) is 0 Å². The van der Waals surface area contributed by atoms with Gasteiger partial charge in [-0.2, -0.15) is 0 Å². The van der Waals surface area contributed by atoms with Crippen LogP contribution in [0.5, 0.6) is 0 Å². The number of unbranched alkanes of at least 4 members (excludes halogenated alkanes) is 30. The molecular weight excluding hydrogens is 502 g/mol. The van der Waals surface area contributed by atoms with Crippen molar-refractivity contribution < 1.29 is 14.7 Å². The predicted molar refractivity (Wildman–Crippen MR) is 183 cm³/mol. The number of quaternary nitrogens is 1. The van der Waals surface area contributed by atoms with Gasteiger partial charge in [-0.25, -0.2) is 0 Å². The van der Waals surface area contributed by atoms with E-state index >= 15 is 0 Å². The quantitative estimate of drug-likeness (QED) is 0.0438. The zero-order valence-electron chi connectivity index (χ0n) is 28.8. The Hall–Kier alpha value is -0.120. The van der Waals surface area contributed by atoms with Crippen LogP contribution < -0.4 is 0 Å². The first kappa shape index (κ1) is 40.9. The van der Waals surface area contributed by atoms with Gasteiger partial charge in [0, 0.05) is 0 Å². The average Bonchev–Trinajstić information content (AvgIpc) is 2.99. The molecule has 0 rings (SSSR count). The molecule has 0 aliphatic heterocycles. The molecule has 3 nitrogen and oxygen atoms in total. The molecule has 0 saturated carbocycles. The third-order valence-corrected chi connectivity index (χ3v) is 9.57. The number of hydrogen-bond donors (Lipinski definition) is 2. The molecule has 0 aromatic carbocycles. The van der Waals surface area contributed by atoms with E-state index < -0.39 is 0 Å². The fourth-order valence-corrected chi connectivity index (χ4v) is 6.43. The summed E-state index contributed by atoms with van der Waals surface area (Å²) < 4.78 is 0.497. The molecule has 0 bridgehead atoms. The molecule has 0 aromatic heterocycles. The molecule has 0 atom stereocenters. The van der Waals surface area contributed by atoms with Gasteiger partial charge >= 0.3 is 0 Å². The second-order valence-electron chi connectivity index (χ2n) is 13.7. The van der Waals surface area contributed by atoms with Crippen molar-refractivity contribution in [2.45, 2.75) is 219 Å². The maximum atomic E-state index is 10.0. The summed E-state index contributed by atoms with van der Waals surface area (Å²) in [4.78, 5) is 0. The maximum Gasteiger partial charge on any atom is 0.182 e. The minimum atomic E-state index is 0.0913. The fourth-order valence-electron chi connectivity index (χ4n) is 6.43. The standard InChI is InChI=1S/C38H80NO2/c1-3-5-7-9-11-13-15-17-19-21-23-25-27-29-31-33-35-39(37-40,38-41)36-34-32-30-28-26-24-22-20-18-16-14-12-10-8-6-4-2/h40-41H,3-38H2,1-2H3/q+1. The highest BCUT2D eigenvalue weighted by Crippen LogP contribution is 2.17. The van der Waals surface area contributed by atoms with Crippen LogP contribution in [0, 0.1) is 0 Å². The first-order chi connectivity index (χ1) is 20.2. The van der Waals surface area contributed by atoms with Crippen LogP contribution in [0.15, 0.2) is 0 Å². The van der Waals surface area contributed by atoms with Crippen molar-refractivity contribution in [2.24, 2.45) is 0 Å². The fraction of sp³-hybridized carbons (Fsp3) is 1.00. The third-order valence-electron chi connectivity index (χ3n) is 9.57. The van der Waals surface area contributed by atoms with Crippen LogP contribution in [-0.4, -0.2) is 41.2 Å². The zero-order chi connectivity index (χ0) is 30.0. The van der Waals surface area contributed by atoms with Gasteiger partial charge < -0.3 is 10.2 Å². The van der Waals surface area contributed by atoms with Crippen molar-refractivity contribution in [3.8, 4) is 0 Å². The summed E-state index contributed by atoms with van der Waals surface area (Å²) in [6.45, 7) is 6.64. The number of aliphatic hydroxyl groups is 2. The summed E-state index contributed by atoms with van der Waals surface area (Å²) in [5.41, 5.74) is 0. The number of aliphatic hydroxyl groups excluding tert-OH is 2. The minimum absolute atomic E-state index is 0.0913. The van der Waals surface area contributed by atoms with Crippen molar-refractivity contribution >= 4 is 0 Å². The summed E-state index contributed by atoms with van der Waals surface area (Å²) in [5.74, 6) is 0. The van der Waals surface area contributed by atoms with Gasteiger partial charge in [-0.15, -0.1) is 0 Å². The Labute approximate surface area is 260 Å². The van der Waals surface area contributed by atoms with Gasteiger partial charge in [0.05, 0.1) is 13.1 Å². The lowest BCUT2D eigenvalue weighted by atomic mass is 10.0. The van der Waals surface area contributed by atoms with E-state index in [2.05, 4.69) is 13.8 Å². The molecule has 0 radical (unpaired) electrons. The van der Waals surface area contributed by atoms with Gasteiger partial charge in [0.2, 0.25) is 0 Å². The predicted octanol–water partition coefficient (Wildman–Crippen LogP) is 12.2. The molecule has 0 fully saturated rings. The lowest BCUT2D eigenvalue weighted by molar-refractivity contribution is -0.961. The van der Waals surface area contributed by atoms with Gasteiger partial charge in [-0.3, -0.25) is 4.48 Å². The van der Waals surface area contributed by atoms with Crippen LogP contribution in [0.1, 0.15) is 219 Å². The van der Waals surface area contributed by atoms with Crippen LogP contribution in [0.3, 0.4) is 0 Å². The molecule has 0 unspecified atom stereocenters. The van der Waals surface area contributed by atoms with E-state index in [4.69, 9.17) is 0 Å². The highest BCUT2D eigenvalue weighted by molar-refractivity contribution is 4.52. The monoisotopic (exact) mass is 583 g/mol. The molecule has 2 N–H and O–H groups in total. The Balaban J connectivity index is 3.50. The molecule has 0 aliphatic carbocycles. The first-order valence-electron chi connectivity index (χ1n) is 19.3. The van der Waals surface area contributed by atoms with E-state index in [0.717, 1.165) is 25.9 Å². The van der Waals surface area contributed by atoms with Crippen molar-refractivity contribution in [3.05, 3.63) is 0 Å². The second-order valence-corrected chi connectivity index (χ2v) is 13.7. The number of nitrogens with zero attached hydrogens (tertiary/aromatic N) is 1. The van der Waals surface area contributed by atoms with Crippen molar-refractivity contribution in [1.29, 1.82) is 0 Å².